The Labute approximate surface area is 152 Å². The molecule has 0 spiro atoms. The van der Waals surface area contributed by atoms with Crippen LogP contribution in [0.2, 0.25) is 0 Å². The Morgan fingerprint density at radius 2 is 2.04 bits per heavy atom. The van der Waals surface area contributed by atoms with E-state index in [1.807, 2.05) is 29.6 Å². The van der Waals surface area contributed by atoms with Gasteiger partial charge in [0.1, 0.15) is 10.6 Å². The van der Waals surface area contributed by atoms with Gasteiger partial charge < -0.3 is 10.6 Å². The lowest BCUT2D eigenvalue weighted by atomic mass is 10.2. The number of hydrogen-bond donors (Lipinski definition) is 2. The molecule has 132 valence electrons. The third-order valence-corrected chi connectivity index (χ3v) is 4.53. The highest BCUT2D eigenvalue weighted by Gasteiger charge is 2.10. The first kappa shape index (κ1) is 19.1. The Morgan fingerprint density at radius 3 is 2.64 bits per heavy atom. The fraction of sp³-hybridized carbons (Fsp3) is 0.0667. The summed E-state index contributed by atoms with van der Waals surface area (Å²) in [6.45, 7) is 0. The molecule has 3 rings (SSSR count). The number of carbonyl (C=O) groups excluding carboxylic acids is 1. The maximum Gasteiger partial charge on any atom is 0.353 e. The van der Waals surface area contributed by atoms with E-state index in [-0.39, 0.29) is 5.97 Å². The average Bonchev–Trinajstić information content (AvgIpc) is 3.14. The lowest BCUT2D eigenvalue weighted by molar-refractivity contribution is 0.0740. The van der Waals surface area contributed by atoms with Gasteiger partial charge in [-0.05, 0) is 41.1 Å². The van der Waals surface area contributed by atoms with E-state index in [2.05, 4.69) is 5.10 Å². The number of nitrogens with zero attached hydrogens (tertiary/aromatic N) is 1. The lowest BCUT2D eigenvalue weighted by Gasteiger charge is -2.02. The van der Waals surface area contributed by atoms with Gasteiger partial charge in [-0.15, -0.1) is 22.7 Å². The van der Waals surface area contributed by atoms with Gasteiger partial charge in [0.05, 0.1) is 12.5 Å². The third kappa shape index (κ3) is 6.27. The molecule has 3 aromatic rings. The number of nitrogens with two attached hydrogens (primary N) is 1. The van der Waals surface area contributed by atoms with Gasteiger partial charge in [-0.25, -0.2) is 4.79 Å². The van der Waals surface area contributed by atoms with Crippen molar-refractivity contribution in [3.63, 3.8) is 0 Å². The second kappa shape index (κ2) is 8.21. The minimum Gasteiger partial charge on any atom is -0.422 e. The van der Waals surface area contributed by atoms with Crippen molar-refractivity contribution in [2.75, 3.05) is 6.26 Å². The average molecular weight is 398 g/mol. The molecule has 0 bridgehead atoms. The van der Waals surface area contributed by atoms with Crippen LogP contribution in [-0.2, 0) is 10.1 Å². The summed E-state index contributed by atoms with van der Waals surface area (Å²) >= 11 is 2.90. The Hall–Kier alpha value is -2.27. The second-order valence-electron chi connectivity index (χ2n) is 4.73. The summed E-state index contributed by atoms with van der Waals surface area (Å²) in [4.78, 5) is 13.4. The molecule has 0 aliphatic carbocycles. The van der Waals surface area contributed by atoms with E-state index in [9.17, 15) is 13.2 Å². The summed E-state index contributed by atoms with van der Waals surface area (Å²) in [5, 5.41) is 6.42. The van der Waals surface area contributed by atoms with Crippen LogP contribution in [0.15, 0.2) is 46.9 Å². The smallest absolute Gasteiger partial charge is 0.353 e. The number of thiophene rings is 2. The molecule has 0 saturated heterocycles. The molecule has 1 aromatic carbocycles. The molecular formula is C15H14N2O5S3. The van der Waals surface area contributed by atoms with Crippen LogP contribution in [-0.4, -0.2) is 31.4 Å². The summed E-state index contributed by atoms with van der Waals surface area (Å²) in [6.07, 6.45) is 2.31. The van der Waals surface area contributed by atoms with Crippen molar-refractivity contribution in [2.24, 2.45) is 10.9 Å². The van der Waals surface area contributed by atoms with E-state index in [0.29, 0.717) is 16.9 Å². The van der Waals surface area contributed by atoms with Gasteiger partial charge in [-0.3, -0.25) is 4.55 Å². The highest BCUT2D eigenvalue weighted by Crippen LogP contribution is 2.29. The molecule has 2 heterocycles. The molecule has 0 unspecified atom stereocenters. The normalized spacial score (nSPS) is 11.3. The molecule has 0 radical (unpaired) electrons. The van der Waals surface area contributed by atoms with Crippen molar-refractivity contribution < 1.29 is 22.5 Å². The van der Waals surface area contributed by atoms with Crippen molar-refractivity contribution in [2.45, 2.75) is 0 Å². The van der Waals surface area contributed by atoms with E-state index in [0.717, 1.165) is 15.0 Å². The maximum absolute atomic E-state index is 11.9. The number of hydrogen-bond acceptors (Lipinski definition) is 8. The first-order valence-electron chi connectivity index (χ1n) is 6.71. The van der Waals surface area contributed by atoms with Crippen LogP contribution < -0.4 is 10.6 Å². The first-order chi connectivity index (χ1) is 11.8. The van der Waals surface area contributed by atoms with Crippen LogP contribution in [0.4, 0.5) is 0 Å². The fourth-order valence-corrected chi connectivity index (χ4v) is 3.36. The van der Waals surface area contributed by atoms with Gasteiger partial charge in [0.25, 0.3) is 10.1 Å². The van der Waals surface area contributed by atoms with Gasteiger partial charge in [0, 0.05) is 9.58 Å². The van der Waals surface area contributed by atoms with Crippen LogP contribution in [0.25, 0.3) is 10.1 Å². The molecule has 0 atom stereocenters. The number of ether oxygens (including phenoxy) is 1. The maximum atomic E-state index is 11.9. The molecule has 0 aliphatic heterocycles. The Balaban J connectivity index is 0.000000399. The van der Waals surface area contributed by atoms with Crippen LogP contribution in [0, 0.1) is 0 Å². The quantitative estimate of drug-likeness (QED) is 0.175. The topological polar surface area (TPSA) is 119 Å². The van der Waals surface area contributed by atoms with Crippen LogP contribution >= 0.6 is 22.7 Å². The van der Waals surface area contributed by atoms with Crippen molar-refractivity contribution in [1.82, 2.24) is 0 Å². The Kier molecular flexibility index (Phi) is 6.26. The molecule has 0 saturated carbocycles. The highest BCUT2D eigenvalue weighted by atomic mass is 32.2. The van der Waals surface area contributed by atoms with Gasteiger partial charge in [-0.1, -0.05) is 6.07 Å². The van der Waals surface area contributed by atoms with Crippen molar-refractivity contribution in [1.29, 1.82) is 0 Å². The van der Waals surface area contributed by atoms with Gasteiger partial charge in [0.2, 0.25) is 0 Å². The predicted molar refractivity (Wildman–Crippen MR) is 100 cm³/mol. The van der Waals surface area contributed by atoms with Crippen molar-refractivity contribution >= 4 is 55.1 Å². The summed E-state index contributed by atoms with van der Waals surface area (Å²) in [7, 11) is -3.67. The summed E-state index contributed by atoms with van der Waals surface area (Å²) in [6, 6.07) is 11.1. The number of rotatable bonds is 3. The molecule has 2 aromatic heterocycles. The number of esters is 1. The Bertz CT molecular complexity index is 984. The monoisotopic (exact) mass is 398 g/mol. The number of fused-ring (bicyclic) bond motifs is 1. The third-order valence-electron chi connectivity index (χ3n) is 2.65. The molecule has 3 N–H and O–H groups in total. The number of hydrazone groups is 1. The molecule has 25 heavy (non-hydrogen) atoms. The SMILES string of the molecule is CS(=O)(=O)O.N/N=C/c1cc2ccc(OC(=O)c3cccs3)cc2s1. The molecule has 0 aliphatic rings. The van der Waals surface area contributed by atoms with Crippen LogP contribution in [0.3, 0.4) is 0 Å². The molecular weight excluding hydrogens is 384 g/mol. The van der Waals surface area contributed by atoms with E-state index >= 15 is 0 Å². The summed E-state index contributed by atoms with van der Waals surface area (Å²) < 4.78 is 32.2. The van der Waals surface area contributed by atoms with Gasteiger partial charge in [-0.2, -0.15) is 13.5 Å². The van der Waals surface area contributed by atoms with E-state index in [4.69, 9.17) is 15.1 Å². The minimum absolute atomic E-state index is 0.334. The van der Waals surface area contributed by atoms with E-state index in [1.54, 1.807) is 29.7 Å². The fourth-order valence-electron chi connectivity index (χ4n) is 1.78. The zero-order valence-corrected chi connectivity index (χ0v) is 15.4. The minimum atomic E-state index is -3.67. The van der Waals surface area contributed by atoms with Crippen LogP contribution in [0.1, 0.15) is 14.5 Å². The summed E-state index contributed by atoms with van der Waals surface area (Å²) in [5.41, 5.74) is 0. The number of benzene rings is 1. The van der Waals surface area contributed by atoms with Gasteiger partial charge in [0.15, 0.2) is 0 Å². The standard InChI is InChI=1S/C14H10N2O2S2.CH4O3S/c15-16-8-11-6-9-3-4-10(7-13(9)20-11)18-14(17)12-2-1-5-19-12;1-5(2,3)4/h1-8H,15H2;1H3,(H,2,3,4)/b16-8+;. The zero-order chi connectivity index (χ0) is 18.4. The second-order valence-corrected chi connectivity index (χ2v) is 8.26. The van der Waals surface area contributed by atoms with E-state index in [1.165, 1.54) is 11.3 Å². The molecule has 0 fully saturated rings. The highest BCUT2D eigenvalue weighted by molar-refractivity contribution is 7.85. The summed E-state index contributed by atoms with van der Waals surface area (Å²) in [5.74, 6) is 5.34. The zero-order valence-electron chi connectivity index (χ0n) is 12.9. The predicted octanol–water partition coefficient (Wildman–Crippen LogP) is 2.98. The molecule has 10 heteroatoms. The van der Waals surface area contributed by atoms with E-state index < -0.39 is 10.1 Å². The first-order valence-corrected chi connectivity index (χ1v) is 10.3. The molecule has 7 nitrogen and oxygen atoms in total. The number of carbonyl (C=O) groups is 1. The lowest BCUT2D eigenvalue weighted by Crippen LogP contribution is -2.05. The molecule has 0 amide bonds. The van der Waals surface area contributed by atoms with Crippen molar-refractivity contribution in [3.05, 3.63) is 51.5 Å². The van der Waals surface area contributed by atoms with Gasteiger partial charge >= 0.3 is 5.97 Å². The largest absolute Gasteiger partial charge is 0.422 e. The van der Waals surface area contributed by atoms with Crippen molar-refractivity contribution in [3.8, 4) is 5.75 Å². The Morgan fingerprint density at radius 1 is 1.32 bits per heavy atom. The van der Waals surface area contributed by atoms with Crippen LogP contribution in [0.5, 0.6) is 5.75 Å².